The van der Waals surface area contributed by atoms with Crippen LogP contribution in [0.1, 0.15) is 11.1 Å². The lowest BCUT2D eigenvalue weighted by atomic mass is 10.1. The smallest absolute Gasteiger partial charge is 0.336 e. The first-order valence-electron chi connectivity index (χ1n) is 7.93. The summed E-state index contributed by atoms with van der Waals surface area (Å²) in [5.41, 5.74) is 2.55. The van der Waals surface area contributed by atoms with E-state index in [1.165, 1.54) is 6.07 Å². The van der Waals surface area contributed by atoms with E-state index in [2.05, 4.69) is 10.3 Å². The van der Waals surface area contributed by atoms with Crippen LogP contribution in [0.4, 0.5) is 5.69 Å². The fraction of sp³-hybridized carbons (Fsp3) is 0.211. The first kappa shape index (κ1) is 16.9. The molecule has 0 atom stereocenters. The van der Waals surface area contributed by atoms with Gasteiger partial charge in [0.1, 0.15) is 5.58 Å². The van der Waals surface area contributed by atoms with Gasteiger partial charge in [-0.2, -0.15) is 0 Å². The van der Waals surface area contributed by atoms with Crippen molar-refractivity contribution >= 4 is 22.6 Å². The standard InChI is InChI=1S/C19H19N3O3/c1-13-8-19(24)25-17-9-15(5-6-16(13)17)21-18(23)12-22(2)11-14-4-3-7-20-10-14/h3-10H,11-12H2,1-2H3,(H,21,23). The lowest BCUT2D eigenvalue weighted by Crippen LogP contribution is -2.29. The maximum absolute atomic E-state index is 12.2. The van der Waals surface area contributed by atoms with E-state index in [-0.39, 0.29) is 12.5 Å². The molecule has 2 heterocycles. The zero-order valence-electron chi connectivity index (χ0n) is 14.2. The van der Waals surface area contributed by atoms with Crippen LogP contribution in [0.2, 0.25) is 0 Å². The second-order valence-corrected chi connectivity index (χ2v) is 6.04. The number of nitrogens with zero attached hydrogens (tertiary/aromatic N) is 2. The Hall–Kier alpha value is -2.99. The van der Waals surface area contributed by atoms with Gasteiger partial charge < -0.3 is 9.73 Å². The van der Waals surface area contributed by atoms with Crippen LogP contribution in [-0.2, 0) is 11.3 Å². The second-order valence-electron chi connectivity index (χ2n) is 6.04. The number of hydrogen-bond donors (Lipinski definition) is 1. The summed E-state index contributed by atoms with van der Waals surface area (Å²) in [5.74, 6) is -0.138. The molecule has 0 aliphatic carbocycles. The number of amides is 1. The summed E-state index contributed by atoms with van der Waals surface area (Å²) < 4.78 is 5.20. The van der Waals surface area contributed by atoms with Gasteiger partial charge in [-0.25, -0.2) is 4.79 Å². The predicted molar refractivity (Wildman–Crippen MR) is 96.4 cm³/mol. The zero-order valence-corrected chi connectivity index (χ0v) is 14.2. The number of likely N-dealkylation sites (N-methyl/N-ethyl adjacent to an activating group) is 1. The maximum atomic E-state index is 12.2. The third kappa shape index (κ3) is 4.30. The fourth-order valence-corrected chi connectivity index (χ4v) is 2.71. The molecule has 0 bridgehead atoms. The second kappa shape index (κ2) is 7.27. The molecule has 0 radical (unpaired) electrons. The van der Waals surface area contributed by atoms with Gasteiger partial charge in [-0.3, -0.25) is 14.7 Å². The van der Waals surface area contributed by atoms with Crippen LogP contribution < -0.4 is 10.9 Å². The molecule has 25 heavy (non-hydrogen) atoms. The molecule has 6 heteroatoms. The number of aryl methyl sites for hydroxylation is 1. The van der Waals surface area contributed by atoms with Crippen LogP contribution in [0.25, 0.3) is 11.0 Å². The average Bonchev–Trinajstić information content (AvgIpc) is 2.54. The largest absolute Gasteiger partial charge is 0.423 e. The van der Waals surface area contributed by atoms with Crippen molar-refractivity contribution in [3.8, 4) is 0 Å². The van der Waals surface area contributed by atoms with Gasteiger partial charge >= 0.3 is 5.63 Å². The van der Waals surface area contributed by atoms with Crippen molar-refractivity contribution in [3.05, 3.63) is 70.3 Å². The molecule has 1 N–H and O–H groups in total. The van der Waals surface area contributed by atoms with Crippen molar-refractivity contribution in [3.63, 3.8) is 0 Å². The van der Waals surface area contributed by atoms with E-state index in [9.17, 15) is 9.59 Å². The molecule has 3 rings (SSSR count). The van der Waals surface area contributed by atoms with Crippen LogP contribution in [-0.4, -0.2) is 29.4 Å². The molecule has 128 valence electrons. The highest BCUT2D eigenvalue weighted by Gasteiger charge is 2.09. The van der Waals surface area contributed by atoms with E-state index in [0.29, 0.717) is 17.8 Å². The van der Waals surface area contributed by atoms with Crippen molar-refractivity contribution in [1.29, 1.82) is 0 Å². The Morgan fingerprint density at radius 1 is 1.28 bits per heavy atom. The molecule has 0 saturated carbocycles. The van der Waals surface area contributed by atoms with Gasteiger partial charge in [0.15, 0.2) is 0 Å². The number of fused-ring (bicyclic) bond motifs is 1. The minimum absolute atomic E-state index is 0.138. The maximum Gasteiger partial charge on any atom is 0.336 e. The molecule has 0 aliphatic heterocycles. The molecule has 0 fully saturated rings. The summed E-state index contributed by atoms with van der Waals surface area (Å²) in [7, 11) is 1.87. The monoisotopic (exact) mass is 337 g/mol. The summed E-state index contributed by atoms with van der Waals surface area (Å²) in [6.45, 7) is 2.72. The first-order chi connectivity index (χ1) is 12.0. The van der Waals surface area contributed by atoms with Crippen LogP contribution in [0.5, 0.6) is 0 Å². The minimum Gasteiger partial charge on any atom is -0.423 e. The number of aromatic nitrogens is 1. The third-order valence-electron chi connectivity index (χ3n) is 3.82. The molecule has 2 aromatic heterocycles. The molecular formula is C19H19N3O3. The zero-order chi connectivity index (χ0) is 17.8. The van der Waals surface area contributed by atoms with Gasteiger partial charge in [-0.05, 0) is 43.3 Å². The van der Waals surface area contributed by atoms with Crippen LogP contribution in [0.3, 0.4) is 0 Å². The molecule has 1 amide bonds. The Morgan fingerprint density at radius 2 is 2.12 bits per heavy atom. The Balaban J connectivity index is 1.66. The van der Waals surface area contributed by atoms with E-state index in [0.717, 1.165) is 16.5 Å². The number of rotatable bonds is 5. The van der Waals surface area contributed by atoms with Crippen molar-refractivity contribution in [2.24, 2.45) is 0 Å². The highest BCUT2D eigenvalue weighted by molar-refractivity contribution is 5.94. The minimum atomic E-state index is -0.398. The van der Waals surface area contributed by atoms with Crippen molar-refractivity contribution in [1.82, 2.24) is 9.88 Å². The molecule has 6 nitrogen and oxygen atoms in total. The van der Waals surface area contributed by atoms with Crippen molar-refractivity contribution in [2.75, 3.05) is 18.9 Å². The fourth-order valence-electron chi connectivity index (χ4n) is 2.71. The normalized spacial score (nSPS) is 11.0. The number of hydrogen-bond acceptors (Lipinski definition) is 5. The number of anilines is 1. The molecule has 0 unspecified atom stereocenters. The number of nitrogens with one attached hydrogen (secondary N) is 1. The lowest BCUT2D eigenvalue weighted by Gasteiger charge is -2.16. The Morgan fingerprint density at radius 3 is 2.88 bits per heavy atom. The van der Waals surface area contributed by atoms with Gasteiger partial charge in [-0.1, -0.05) is 6.07 Å². The Labute approximate surface area is 145 Å². The Bertz CT molecular complexity index is 951. The summed E-state index contributed by atoms with van der Waals surface area (Å²) in [5, 5.41) is 3.68. The highest BCUT2D eigenvalue weighted by Crippen LogP contribution is 2.20. The number of carbonyl (C=O) groups excluding carboxylic acids is 1. The number of carbonyl (C=O) groups is 1. The number of benzene rings is 1. The van der Waals surface area contributed by atoms with Crippen LogP contribution in [0.15, 0.2) is 58.0 Å². The van der Waals surface area contributed by atoms with E-state index in [1.807, 2.05) is 37.1 Å². The Kier molecular flexibility index (Phi) is 4.90. The van der Waals surface area contributed by atoms with Gasteiger partial charge in [0.2, 0.25) is 5.91 Å². The summed E-state index contributed by atoms with van der Waals surface area (Å²) in [6, 6.07) is 10.6. The summed E-state index contributed by atoms with van der Waals surface area (Å²) in [6.07, 6.45) is 3.50. The van der Waals surface area contributed by atoms with Gasteiger partial charge in [0.25, 0.3) is 0 Å². The van der Waals surface area contributed by atoms with E-state index >= 15 is 0 Å². The summed E-state index contributed by atoms with van der Waals surface area (Å²) in [4.78, 5) is 29.7. The van der Waals surface area contributed by atoms with Crippen LogP contribution >= 0.6 is 0 Å². The SMILES string of the molecule is Cc1cc(=O)oc2cc(NC(=O)CN(C)Cc3cccnc3)ccc12. The quantitative estimate of drug-likeness (QED) is 0.724. The molecule has 0 aliphatic rings. The van der Waals surface area contributed by atoms with Gasteiger partial charge in [0.05, 0.1) is 6.54 Å². The van der Waals surface area contributed by atoms with Gasteiger partial charge in [0, 0.05) is 42.1 Å². The summed E-state index contributed by atoms with van der Waals surface area (Å²) >= 11 is 0. The third-order valence-corrected chi connectivity index (χ3v) is 3.82. The molecule has 0 saturated heterocycles. The van der Waals surface area contributed by atoms with Gasteiger partial charge in [-0.15, -0.1) is 0 Å². The van der Waals surface area contributed by atoms with Crippen molar-refractivity contribution < 1.29 is 9.21 Å². The van der Waals surface area contributed by atoms with E-state index in [4.69, 9.17) is 4.42 Å². The average molecular weight is 337 g/mol. The molecule has 1 aromatic carbocycles. The van der Waals surface area contributed by atoms with Crippen molar-refractivity contribution in [2.45, 2.75) is 13.5 Å². The molecule has 3 aromatic rings. The van der Waals surface area contributed by atoms with E-state index < -0.39 is 5.63 Å². The highest BCUT2D eigenvalue weighted by atomic mass is 16.4. The van der Waals surface area contributed by atoms with E-state index in [1.54, 1.807) is 24.5 Å². The molecular weight excluding hydrogens is 318 g/mol. The number of pyridine rings is 1. The first-order valence-corrected chi connectivity index (χ1v) is 7.93. The predicted octanol–water partition coefficient (Wildman–Crippen LogP) is 2.57. The molecule has 0 spiro atoms. The van der Waals surface area contributed by atoms with Crippen LogP contribution in [0, 0.1) is 6.92 Å². The lowest BCUT2D eigenvalue weighted by molar-refractivity contribution is -0.117. The topological polar surface area (TPSA) is 75.4 Å².